The highest BCUT2D eigenvalue weighted by molar-refractivity contribution is 14.0. The maximum Gasteiger partial charge on any atom is 0.241 e. The van der Waals surface area contributed by atoms with Crippen LogP contribution in [0.2, 0.25) is 0 Å². The Morgan fingerprint density at radius 3 is 2.75 bits per heavy atom. The van der Waals surface area contributed by atoms with Gasteiger partial charge in [-0.2, -0.15) is 0 Å². The van der Waals surface area contributed by atoms with Gasteiger partial charge in [0.2, 0.25) is 5.91 Å². The lowest BCUT2D eigenvalue weighted by Crippen LogP contribution is -2.40. The summed E-state index contributed by atoms with van der Waals surface area (Å²) in [6, 6.07) is 0. The maximum absolute atomic E-state index is 11.6. The number of carbonyl (C=O) groups is 1. The number of nitrogens with one attached hydrogen (secondary N) is 3. The number of halogens is 1. The number of rotatable bonds is 10. The fourth-order valence-electron chi connectivity index (χ4n) is 1.88. The zero-order valence-electron chi connectivity index (χ0n) is 14.5. The molecule has 0 aliphatic carbocycles. The van der Waals surface area contributed by atoms with E-state index in [1.165, 1.54) is 0 Å². The predicted octanol–water partition coefficient (Wildman–Crippen LogP) is -0.224. The molecule has 10 heteroatoms. The average Bonchev–Trinajstić information content (AvgIpc) is 3.00. The van der Waals surface area contributed by atoms with E-state index in [-0.39, 0.29) is 36.4 Å². The highest BCUT2D eigenvalue weighted by atomic mass is 127. The minimum atomic E-state index is -0.133. The first-order valence-electron chi connectivity index (χ1n) is 7.85. The van der Waals surface area contributed by atoms with Crippen LogP contribution in [0.1, 0.15) is 19.7 Å². The molecule has 1 heterocycles. The largest absolute Gasteiger partial charge is 0.383 e. The van der Waals surface area contributed by atoms with Gasteiger partial charge in [-0.1, -0.05) is 6.92 Å². The van der Waals surface area contributed by atoms with Gasteiger partial charge >= 0.3 is 0 Å². The molecule has 0 saturated heterocycles. The van der Waals surface area contributed by atoms with Crippen LogP contribution < -0.4 is 16.0 Å². The summed E-state index contributed by atoms with van der Waals surface area (Å²) >= 11 is 0. The van der Waals surface area contributed by atoms with Gasteiger partial charge in [-0.05, 0) is 6.92 Å². The minimum Gasteiger partial charge on any atom is -0.383 e. The highest BCUT2D eigenvalue weighted by Crippen LogP contribution is 1.94. The minimum absolute atomic E-state index is 0. The summed E-state index contributed by atoms with van der Waals surface area (Å²) in [5.74, 6) is 1.43. The number of ether oxygens (including phenoxy) is 1. The van der Waals surface area contributed by atoms with Crippen molar-refractivity contribution in [1.82, 2.24) is 30.7 Å². The third-order valence-corrected chi connectivity index (χ3v) is 3.01. The SMILES string of the molecule is CCNC(=NCC(=O)NCCOC)NCCn1cnnc1CC.I. The van der Waals surface area contributed by atoms with Crippen LogP contribution in [0.4, 0.5) is 0 Å². The second kappa shape index (κ2) is 14.0. The molecule has 24 heavy (non-hydrogen) atoms. The summed E-state index contributed by atoms with van der Waals surface area (Å²) in [4.78, 5) is 15.9. The Balaban J connectivity index is 0.00000529. The van der Waals surface area contributed by atoms with Crippen LogP contribution >= 0.6 is 24.0 Å². The zero-order chi connectivity index (χ0) is 16.9. The van der Waals surface area contributed by atoms with Gasteiger partial charge in [0.25, 0.3) is 0 Å². The van der Waals surface area contributed by atoms with Gasteiger partial charge in [0.05, 0.1) is 6.61 Å². The summed E-state index contributed by atoms with van der Waals surface area (Å²) in [5, 5.41) is 17.0. The Bertz CT molecular complexity index is 493. The third kappa shape index (κ3) is 9.01. The lowest BCUT2D eigenvalue weighted by Gasteiger charge is -2.12. The van der Waals surface area contributed by atoms with E-state index in [9.17, 15) is 4.79 Å². The van der Waals surface area contributed by atoms with Gasteiger partial charge in [0.1, 0.15) is 18.7 Å². The molecule has 0 aromatic carbocycles. The first-order valence-corrected chi connectivity index (χ1v) is 7.85. The molecule has 0 bridgehead atoms. The number of hydrogen-bond donors (Lipinski definition) is 3. The van der Waals surface area contributed by atoms with Crippen LogP contribution in [0.3, 0.4) is 0 Å². The monoisotopic (exact) mass is 453 g/mol. The number of methoxy groups -OCH3 is 1. The lowest BCUT2D eigenvalue weighted by molar-refractivity contribution is -0.119. The summed E-state index contributed by atoms with van der Waals surface area (Å²) < 4.78 is 6.87. The number of hydrogen-bond acceptors (Lipinski definition) is 5. The topological polar surface area (TPSA) is 105 Å². The smallest absolute Gasteiger partial charge is 0.241 e. The van der Waals surface area contributed by atoms with E-state index in [0.29, 0.717) is 25.7 Å². The molecule has 3 N–H and O–H groups in total. The predicted molar refractivity (Wildman–Crippen MR) is 104 cm³/mol. The number of carbonyl (C=O) groups excluding carboxylic acids is 1. The van der Waals surface area contributed by atoms with E-state index in [1.54, 1.807) is 13.4 Å². The van der Waals surface area contributed by atoms with Crippen molar-refractivity contribution < 1.29 is 9.53 Å². The van der Waals surface area contributed by atoms with E-state index in [2.05, 4.69) is 31.1 Å². The Labute approximate surface area is 160 Å². The van der Waals surface area contributed by atoms with Crippen LogP contribution in [0.15, 0.2) is 11.3 Å². The van der Waals surface area contributed by atoms with Gasteiger partial charge < -0.3 is 25.3 Å². The Morgan fingerprint density at radius 2 is 2.08 bits per heavy atom. The molecule has 0 fully saturated rings. The van der Waals surface area contributed by atoms with Crippen molar-refractivity contribution in [3.8, 4) is 0 Å². The first-order chi connectivity index (χ1) is 11.2. The molecule has 1 aromatic heterocycles. The van der Waals surface area contributed by atoms with E-state index < -0.39 is 0 Å². The van der Waals surface area contributed by atoms with Crippen LogP contribution in [0, 0.1) is 0 Å². The number of amides is 1. The Kier molecular flexibility index (Phi) is 13.1. The Hall–Kier alpha value is -1.43. The molecule has 138 valence electrons. The maximum atomic E-state index is 11.6. The third-order valence-electron chi connectivity index (χ3n) is 3.01. The molecule has 0 radical (unpaired) electrons. The molecule has 9 nitrogen and oxygen atoms in total. The highest BCUT2D eigenvalue weighted by Gasteiger charge is 2.03. The number of nitrogens with zero attached hydrogens (tertiary/aromatic N) is 4. The molecular formula is C14H28IN7O2. The summed E-state index contributed by atoms with van der Waals surface area (Å²) in [7, 11) is 1.59. The van der Waals surface area contributed by atoms with Crippen molar-refractivity contribution in [3.63, 3.8) is 0 Å². The second-order valence-electron chi connectivity index (χ2n) is 4.76. The molecule has 0 unspecified atom stereocenters. The van der Waals surface area contributed by atoms with Gasteiger partial charge in [-0.15, -0.1) is 34.2 Å². The quantitative estimate of drug-likeness (QED) is 0.196. The van der Waals surface area contributed by atoms with Crippen molar-refractivity contribution >= 4 is 35.8 Å². The average molecular weight is 453 g/mol. The van der Waals surface area contributed by atoms with E-state index in [0.717, 1.165) is 25.3 Å². The van der Waals surface area contributed by atoms with E-state index in [1.807, 2.05) is 18.4 Å². The van der Waals surface area contributed by atoms with Gasteiger partial charge in [0, 0.05) is 39.7 Å². The zero-order valence-corrected chi connectivity index (χ0v) is 16.9. The van der Waals surface area contributed by atoms with Crippen LogP contribution in [-0.2, 0) is 22.5 Å². The van der Waals surface area contributed by atoms with Gasteiger partial charge in [-0.25, -0.2) is 4.99 Å². The molecule has 0 atom stereocenters. The first kappa shape index (κ1) is 22.6. The number of aryl methyl sites for hydroxylation is 1. The summed E-state index contributed by atoms with van der Waals surface area (Å²) in [6.07, 6.45) is 2.56. The number of aromatic nitrogens is 3. The second-order valence-corrected chi connectivity index (χ2v) is 4.76. The fraction of sp³-hybridized carbons (Fsp3) is 0.714. The van der Waals surface area contributed by atoms with Gasteiger partial charge in [-0.3, -0.25) is 4.79 Å². The molecule has 0 aliphatic heterocycles. The van der Waals surface area contributed by atoms with E-state index in [4.69, 9.17) is 4.74 Å². The lowest BCUT2D eigenvalue weighted by atomic mass is 10.4. The number of aliphatic imine (C=N–C) groups is 1. The standard InChI is InChI=1S/C14H27N7O2.HI/c1-4-12-20-19-11-21(12)8-6-17-14(15-5-2)18-10-13(22)16-7-9-23-3;/h11H,4-10H2,1-3H3,(H,16,22)(H2,15,17,18);1H. The number of guanidine groups is 1. The van der Waals surface area contributed by atoms with Crippen molar-refractivity contribution in [2.75, 3.05) is 39.9 Å². The normalized spacial score (nSPS) is 10.9. The van der Waals surface area contributed by atoms with Crippen LogP contribution in [0.5, 0.6) is 0 Å². The fourth-order valence-corrected chi connectivity index (χ4v) is 1.88. The molecule has 1 amide bonds. The summed E-state index contributed by atoms with van der Waals surface area (Å²) in [5.41, 5.74) is 0. The van der Waals surface area contributed by atoms with Crippen molar-refractivity contribution in [1.29, 1.82) is 0 Å². The van der Waals surface area contributed by atoms with Crippen molar-refractivity contribution in [2.45, 2.75) is 26.8 Å². The van der Waals surface area contributed by atoms with Crippen molar-refractivity contribution in [2.24, 2.45) is 4.99 Å². The Morgan fingerprint density at radius 1 is 1.29 bits per heavy atom. The molecule has 1 aromatic rings. The molecule has 0 spiro atoms. The molecule has 1 rings (SSSR count). The van der Waals surface area contributed by atoms with Gasteiger partial charge in [0.15, 0.2) is 5.96 Å². The van der Waals surface area contributed by atoms with Crippen LogP contribution in [-0.4, -0.2) is 66.5 Å². The summed E-state index contributed by atoms with van der Waals surface area (Å²) in [6.45, 7) is 7.21. The molecular weight excluding hydrogens is 425 g/mol. The van der Waals surface area contributed by atoms with E-state index >= 15 is 0 Å². The molecule has 0 aliphatic rings. The molecule has 0 saturated carbocycles. The van der Waals surface area contributed by atoms with Crippen molar-refractivity contribution in [3.05, 3.63) is 12.2 Å². The van der Waals surface area contributed by atoms with Crippen LogP contribution in [0.25, 0.3) is 0 Å².